The van der Waals surface area contributed by atoms with Gasteiger partial charge in [-0.05, 0) is 24.0 Å². The molecule has 0 radical (unpaired) electrons. The lowest BCUT2D eigenvalue weighted by atomic mass is 9.74. The number of methoxy groups -OCH3 is 2. The van der Waals surface area contributed by atoms with Crippen molar-refractivity contribution in [1.82, 2.24) is 10.2 Å². The second-order valence-electron chi connectivity index (χ2n) is 9.29. The summed E-state index contributed by atoms with van der Waals surface area (Å²) in [5.74, 6) is -0.949. The van der Waals surface area contributed by atoms with E-state index in [1.54, 1.807) is 6.92 Å². The van der Waals surface area contributed by atoms with Gasteiger partial charge in [-0.25, -0.2) is 0 Å². The van der Waals surface area contributed by atoms with E-state index in [1.165, 1.54) is 31.9 Å². The molecule has 188 valence electrons. The minimum atomic E-state index is -1.74. The Morgan fingerprint density at radius 3 is 2.61 bits per heavy atom. The first-order chi connectivity index (χ1) is 17.3. The molecule has 0 aromatic heterocycles. The van der Waals surface area contributed by atoms with E-state index < -0.39 is 23.1 Å². The topological polar surface area (TPSA) is 94.2 Å². The quantitative estimate of drug-likeness (QED) is 0.616. The highest BCUT2D eigenvalue weighted by Gasteiger charge is 2.60. The highest BCUT2D eigenvalue weighted by Crippen LogP contribution is 2.52. The molecule has 36 heavy (non-hydrogen) atoms. The van der Waals surface area contributed by atoms with Gasteiger partial charge in [0.1, 0.15) is 22.1 Å². The summed E-state index contributed by atoms with van der Waals surface area (Å²) in [7, 11) is 2.87. The van der Waals surface area contributed by atoms with Crippen molar-refractivity contribution in [3.8, 4) is 17.2 Å². The van der Waals surface area contributed by atoms with E-state index >= 15 is 0 Å². The molecule has 2 atom stereocenters. The number of allylic oxidation sites excluding steroid dienone is 1. The second kappa shape index (κ2) is 9.17. The van der Waals surface area contributed by atoms with Crippen LogP contribution >= 0.6 is 11.6 Å². The van der Waals surface area contributed by atoms with Gasteiger partial charge in [-0.3, -0.25) is 14.4 Å². The Labute approximate surface area is 214 Å². The number of Topliss-reactive ketones (excluding diaryl/α,β-unsaturated/α-hetero) is 1. The summed E-state index contributed by atoms with van der Waals surface area (Å²) < 4.78 is 16.7. The van der Waals surface area contributed by atoms with E-state index in [1.807, 2.05) is 23.1 Å². The van der Waals surface area contributed by atoms with Gasteiger partial charge < -0.3 is 24.4 Å². The van der Waals surface area contributed by atoms with E-state index in [2.05, 4.69) is 11.4 Å². The summed E-state index contributed by atoms with van der Waals surface area (Å²) >= 11 is 6.43. The van der Waals surface area contributed by atoms with Gasteiger partial charge in [0.2, 0.25) is 23.1 Å². The Morgan fingerprint density at radius 2 is 1.92 bits per heavy atom. The second-order valence-corrected chi connectivity index (χ2v) is 9.67. The zero-order valence-electron chi connectivity index (χ0n) is 20.4. The maximum Gasteiger partial charge on any atom is 0.242 e. The Hall–Kier alpha value is -3.52. The number of hydrogen-bond acceptors (Lipinski definition) is 7. The van der Waals surface area contributed by atoms with Crippen LogP contribution < -0.4 is 19.5 Å². The normalized spacial score (nSPS) is 22.5. The number of fused-ring (bicyclic) bond motifs is 2. The van der Waals surface area contributed by atoms with Crippen LogP contribution in [0.3, 0.4) is 0 Å². The van der Waals surface area contributed by atoms with Crippen LogP contribution in [0.2, 0.25) is 5.02 Å². The third kappa shape index (κ3) is 3.71. The van der Waals surface area contributed by atoms with Crippen molar-refractivity contribution in [3.05, 3.63) is 63.8 Å². The van der Waals surface area contributed by atoms with Crippen molar-refractivity contribution in [2.45, 2.75) is 31.9 Å². The number of rotatable bonds is 5. The van der Waals surface area contributed by atoms with Crippen LogP contribution in [0.4, 0.5) is 0 Å². The van der Waals surface area contributed by atoms with Crippen molar-refractivity contribution in [2.75, 3.05) is 27.3 Å². The number of carbonyl (C=O) groups is 3. The molecular formula is C27H27ClN2O6. The van der Waals surface area contributed by atoms with Crippen LogP contribution in [0.5, 0.6) is 17.2 Å². The zero-order valence-corrected chi connectivity index (χ0v) is 21.1. The first kappa shape index (κ1) is 24.2. The van der Waals surface area contributed by atoms with Gasteiger partial charge in [0, 0.05) is 36.8 Å². The fourth-order valence-electron chi connectivity index (χ4n) is 5.26. The summed E-state index contributed by atoms with van der Waals surface area (Å²) in [5.41, 5.74) is 1.41. The molecule has 1 aliphatic carbocycles. The molecule has 0 saturated carbocycles. The average Bonchev–Trinajstić information content (AvgIpc) is 3.20. The van der Waals surface area contributed by atoms with Gasteiger partial charge in [0.15, 0.2) is 5.75 Å². The van der Waals surface area contributed by atoms with Crippen LogP contribution in [-0.4, -0.2) is 55.3 Å². The van der Waals surface area contributed by atoms with Gasteiger partial charge in [-0.1, -0.05) is 42.8 Å². The number of nitrogens with zero attached hydrogens (tertiary/aromatic N) is 1. The number of ketones is 2. The maximum atomic E-state index is 13.6. The summed E-state index contributed by atoms with van der Waals surface area (Å²) in [6.45, 7) is 3.06. The number of halogens is 1. The molecule has 2 heterocycles. The lowest BCUT2D eigenvalue weighted by Crippen LogP contribution is -2.55. The molecule has 3 aliphatic rings. The number of carbonyl (C=O) groups excluding carboxylic acids is 3. The third-order valence-electron chi connectivity index (χ3n) is 7.26. The van der Waals surface area contributed by atoms with Gasteiger partial charge in [-0.15, -0.1) is 0 Å². The third-order valence-corrected chi connectivity index (χ3v) is 7.62. The van der Waals surface area contributed by atoms with Crippen LogP contribution in [0, 0.1) is 5.92 Å². The Bertz CT molecular complexity index is 1310. The number of ether oxygens (including phenoxy) is 3. The van der Waals surface area contributed by atoms with Crippen LogP contribution in [0.25, 0.3) is 0 Å². The lowest BCUT2D eigenvalue weighted by molar-refractivity contribution is -0.132. The largest absolute Gasteiger partial charge is 0.496 e. The van der Waals surface area contributed by atoms with Crippen molar-refractivity contribution < 1.29 is 28.6 Å². The Balaban J connectivity index is 1.32. The molecule has 0 unspecified atom stereocenters. The first-order valence-electron chi connectivity index (χ1n) is 11.8. The molecule has 5 rings (SSSR count). The number of amides is 1. The summed E-state index contributed by atoms with van der Waals surface area (Å²) in [6, 6.07) is 9.63. The van der Waals surface area contributed by atoms with E-state index in [0.29, 0.717) is 25.2 Å². The van der Waals surface area contributed by atoms with Gasteiger partial charge >= 0.3 is 0 Å². The molecule has 2 aromatic rings. The summed E-state index contributed by atoms with van der Waals surface area (Å²) in [4.78, 5) is 41.6. The Kier molecular flexibility index (Phi) is 6.16. The molecule has 0 fully saturated rings. The minimum absolute atomic E-state index is 0.0463. The Morgan fingerprint density at radius 1 is 1.19 bits per heavy atom. The maximum absolute atomic E-state index is 13.6. The number of nitrogens with one attached hydrogen (secondary N) is 1. The smallest absolute Gasteiger partial charge is 0.242 e. The molecule has 9 heteroatoms. The van der Waals surface area contributed by atoms with Crippen LogP contribution in [-0.2, 0) is 22.6 Å². The molecule has 0 bridgehead atoms. The van der Waals surface area contributed by atoms with E-state index in [0.717, 1.165) is 12.0 Å². The molecule has 2 aromatic carbocycles. The van der Waals surface area contributed by atoms with E-state index in [9.17, 15) is 14.4 Å². The van der Waals surface area contributed by atoms with Crippen molar-refractivity contribution in [3.63, 3.8) is 0 Å². The molecule has 1 N–H and O–H groups in total. The van der Waals surface area contributed by atoms with E-state index in [-0.39, 0.29) is 40.3 Å². The minimum Gasteiger partial charge on any atom is -0.496 e. The molecule has 1 spiro atoms. The predicted molar refractivity (Wildman–Crippen MR) is 133 cm³/mol. The standard InChI is InChI=1S/C27H27ClN2O6/c1-15-10-18(29-13-22(32)30-9-8-16-6-4-5-7-17(16)14-30)11-21(31)27(15)26(33)23-19(34-2)12-20(35-3)24(28)25(23)36-27/h4-7,11-12,15,29H,8-10,13-14H2,1-3H3/t15-,27+/m1/s1. The van der Waals surface area contributed by atoms with Crippen molar-refractivity contribution in [1.29, 1.82) is 0 Å². The summed E-state index contributed by atoms with van der Waals surface area (Å²) in [6.07, 6.45) is 2.53. The molecule has 1 amide bonds. The van der Waals surface area contributed by atoms with Crippen LogP contribution in [0.1, 0.15) is 34.8 Å². The monoisotopic (exact) mass is 510 g/mol. The SMILES string of the molecule is COc1cc(OC)c2c(c1Cl)O[C@@]1(C(=O)C=C(NCC(=O)N3CCc4ccccc4C3)C[C@H]1C)C2=O. The number of benzene rings is 2. The molecule has 0 saturated heterocycles. The molecule has 8 nitrogen and oxygen atoms in total. The fourth-order valence-corrected chi connectivity index (χ4v) is 5.53. The fraction of sp³-hybridized carbons (Fsp3) is 0.370. The predicted octanol–water partition coefficient (Wildman–Crippen LogP) is 3.34. The van der Waals surface area contributed by atoms with Gasteiger partial charge in [-0.2, -0.15) is 0 Å². The van der Waals surface area contributed by atoms with Crippen molar-refractivity contribution >= 4 is 29.1 Å². The first-order valence-corrected chi connectivity index (χ1v) is 12.2. The van der Waals surface area contributed by atoms with E-state index in [4.69, 9.17) is 25.8 Å². The van der Waals surface area contributed by atoms with Gasteiger partial charge in [0.25, 0.3) is 0 Å². The van der Waals surface area contributed by atoms with Crippen molar-refractivity contribution in [2.24, 2.45) is 5.92 Å². The number of hydrogen-bond donors (Lipinski definition) is 1. The van der Waals surface area contributed by atoms with Crippen LogP contribution in [0.15, 0.2) is 42.1 Å². The van der Waals surface area contributed by atoms with Gasteiger partial charge in [0.05, 0.1) is 20.8 Å². The molecular weight excluding hydrogens is 484 g/mol. The highest BCUT2D eigenvalue weighted by molar-refractivity contribution is 6.36. The average molecular weight is 511 g/mol. The zero-order chi connectivity index (χ0) is 25.6. The lowest BCUT2D eigenvalue weighted by Gasteiger charge is -2.35. The highest BCUT2D eigenvalue weighted by atomic mass is 35.5. The summed E-state index contributed by atoms with van der Waals surface area (Å²) in [5, 5.41) is 3.22. The molecule has 2 aliphatic heterocycles.